The van der Waals surface area contributed by atoms with Crippen molar-refractivity contribution in [3.05, 3.63) is 54.1 Å². The maximum atomic E-state index is 5.60. The average Bonchev–Trinajstić information content (AvgIpc) is 3.13. The van der Waals surface area contributed by atoms with E-state index in [-0.39, 0.29) is 5.41 Å². The first kappa shape index (κ1) is 9.33. The van der Waals surface area contributed by atoms with Gasteiger partial charge >= 0.3 is 0 Å². The van der Waals surface area contributed by atoms with E-state index in [0.29, 0.717) is 5.69 Å². The fraction of sp³-hybridized carbons (Fsp3) is 0.231. The Morgan fingerprint density at radius 3 is 2.19 bits per heavy atom. The summed E-state index contributed by atoms with van der Waals surface area (Å²) >= 11 is 0. The lowest BCUT2D eigenvalue weighted by atomic mass is 9.95. The number of aromatic nitrogens is 2. The van der Waals surface area contributed by atoms with E-state index in [2.05, 4.69) is 34.2 Å². The maximum absolute atomic E-state index is 5.60. The standard InChI is InChI=1S/C13H13N3/c14-11-8-15-12(16-9-11)13(6-7-13)10-4-2-1-3-5-10/h1-5,8-9H,6-7,14H2. The van der Waals surface area contributed by atoms with Crippen LogP contribution in [-0.2, 0) is 5.41 Å². The van der Waals surface area contributed by atoms with Crippen molar-refractivity contribution in [1.82, 2.24) is 9.97 Å². The summed E-state index contributed by atoms with van der Waals surface area (Å²) < 4.78 is 0. The van der Waals surface area contributed by atoms with Gasteiger partial charge < -0.3 is 5.73 Å². The van der Waals surface area contributed by atoms with Gasteiger partial charge in [0.2, 0.25) is 0 Å². The topological polar surface area (TPSA) is 51.8 Å². The smallest absolute Gasteiger partial charge is 0.138 e. The number of nitrogen functional groups attached to an aromatic ring is 1. The molecule has 3 rings (SSSR count). The Kier molecular flexibility index (Phi) is 1.93. The summed E-state index contributed by atoms with van der Waals surface area (Å²) in [7, 11) is 0. The van der Waals surface area contributed by atoms with Gasteiger partial charge in [0.25, 0.3) is 0 Å². The Morgan fingerprint density at radius 1 is 1.00 bits per heavy atom. The molecule has 0 radical (unpaired) electrons. The van der Waals surface area contributed by atoms with Crippen LogP contribution >= 0.6 is 0 Å². The molecule has 16 heavy (non-hydrogen) atoms. The summed E-state index contributed by atoms with van der Waals surface area (Å²) in [6, 6.07) is 10.4. The molecule has 0 spiro atoms. The van der Waals surface area contributed by atoms with Gasteiger partial charge in [0.15, 0.2) is 0 Å². The number of benzene rings is 1. The quantitative estimate of drug-likeness (QED) is 0.828. The van der Waals surface area contributed by atoms with Crippen molar-refractivity contribution in [2.75, 3.05) is 5.73 Å². The third-order valence-corrected chi connectivity index (χ3v) is 3.18. The second kappa shape index (κ2) is 3.30. The van der Waals surface area contributed by atoms with Gasteiger partial charge in [-0.2, -0.15) is 0 Å². The van der Waals surface area contributed by atoms with E-state index < -0.39 is 0 Å². The van der Waals surface area contributed by atoms with Gasteiger partial charge in [0.1, 0.15) is 5.82 Å². The normalized spacial score (nSPS) is 17.0. The van der Waals surface area contributed by atoms with Crippen LogP contribution in [-0.4, -0.2) is 9.97 Å². The molecule has 1 saturated carbocycles. The van der Waals surface area contributed by atoms with E-state index in [9.17, 15) is 0 Å². The monoisotopic (exact) mass is 211 g/mol. The summed E-state index contributed by atoms with van der Waals surface area (Å²) in [5.41, 5.74) is 7.58. The first-order chi connectivity index (χ1) is 7.81. The summed E-state index contributed by atoms with van der Waals surface area (Å²) in [6.07, 6.45) is 5.62. The first-order valence-electron chi connectivity index (χ1n) is 5.45. The fourth-order valence-corrected chi connectivity index (χ4v) is 2.11. The molecule has 0 saturated heterocycles. The van der Waals surface area contributed by atoms with Crippen LogP contribution in [0.2, 0.25) is 0 Å². The predicted molar refractivity (Wildman–Crippen MR) is 62.9 cm³/mol. The lowest BCUT2D eigenvalue weighted by Crippen LogP contribution is -2.13. The number of nitrogens with zero attached hydrogens (tertiary/aromatic N) is 2. The fourth-order valence-electron chi connectivity index (χ4n) is 2.11. The molecule has 2 N–H and O–H groups in total. The Bertz CT molecular complexity index is 486. The first-order valence-corrected chi connectivity index (χ1v) is 5.45. The van der Waals surface area contributed by atoms with Gasteiger partial charge in [0.05, 0.1) is 23.5 Å². The van der Waals surface area contributed by atoms with Crippen LogP contribution in [0.25, 0.3) is 0 Å². The summed E-state index contributed by atoms with van der Waals surface area (Å²) in [4.78, 5) is 8.71. The average molecular weight is 211 g/mol. The van der Waals surface area contributed by atoms with Crippen molar-refractivity contribution in [2.24, 2.45) is 0 Å². The van der Waals surface area contributed by atoms with Crippen LogP contribution < -0.4 is 5.73 Å². The molecule has 0 unspecified atom stereocenters. The van der Waals surface area contributed by atoms with Crippen LogP contribution in [0.5, 0.6) is 0 Å². The van der Waals surface area contributed by atoms with Crippen molar-refractivity contribution in [1.29, 1.82) is 0 Å². The molecule has 1 heterocycles. The molecule has 1 aromatic heterocycles. The zero-order valence-corrected chi connectivity index (χ0v) is 8.93. The number of hydrogen-bond acceptors (Lipinski definition) is 3. The molecule has 0 bridgehead atoms. The molecular weight excluding hydrogens is 198 g/mol. The third-order valence-electron chi connectivity index (χ3n) is 3.18. The molecule has 0 aliphatic heterocycles. The summed E-state index contributed by atoms with van der Waals surface area (Å²) in [6.45, 7) is 0. The van der Waals surface area contributed by atoms with Crippen LogP contribution in [0.4, 0.5) is 5.69 Å². The van der Waals surface area contributed by atoms with Crippen molar-refractivity contribution in [3.63, 3.8) is 0 Å². The second-order valence-corrected chi connectivity index (χ2v) is 4.29. The van der Waals surface area contributed by atoms with Gasteiger partial charge in [-0.25, -0.2) is 9.97 Å². The van der Waals surface area contributed by atoms with Crippen molar-refractivity contribution in [3.8, 4) is 0 Å². The highest BCUT2D eigenvalue weighted by atomic mass is 14.9. The molecular formula is C13H13N3. The minimum Gasteiger partial charge on any atom is -0.396 e. The van der Waals surface area contributed by atoms with E-state index in [0.717, 1.165) is 18.7 Å². The minimum atomic E-state index is 0.0506. The van der Waals surface area contributed by atoms with Gasteiger partial charge in [-0.05, 0) is 18.4 Å². The van der Waals surface area contributed by atoms with E-state index in [1.165, 1.54) is 5.56 Å². The molecule has 80 valence electrons. The predicted octanol–water partition coefficient (Wildman–Crippen LogP) is 2.14. The van der Waals surface area contributed by atoms with Crippen molar-refractivity contribution < 1.29 is 0 Å². The molecule has 3 heteroatoms. The van der Waals surface area contributed by atoms with Gasteiger partial charge in [-0.1, -0.05) is 30.3 Å². The lowest BCUT2D eigenvalue weighted by molar-refractivity contribution is 0.755. The van der Waals surface area contributed by atoms with Crippen LogP contribution in [0, 0.1) is 0 Å². The molecule has 1 aliphatic carbocycles. The Balaban J connectivity index is 2.03. The Labute approximate surface area is 94.4 Å². The summed E-state index contributed by atoms with van der Waals surface area (Å²) in [5, 5.41) is 0. The molecule has 1 aliphatic rings. The van der Waals surface area contributed by atoms with Gasteiger partial charge in [-0.3, -0.25) is 0 Å². The highest BCUT2D eigenvalue weighted by Crippen LogP contribution is 2.51. The Hall–Kier alpha value is -1.90. The Morgan fingerprint density at radius 2 is 1.62 bits per heavy atom. The molecule has 2 aromatic rings. The highest BCUT2D eigenvalue weighted by molar-refractivity contribution is 5.40. The number of hydrogen-bond donors (Lipinski definition) is 1. The summed E-state index contributed by atoms with van der Waals surface area (Å²) in [5.74, 6) is 0.896. The minimum absolute atomic E-state index is 0.0506. The molecule has 1 aromatic carbocycles. The van der Waals surface area contributed by atoms with Crippen molar-refractivity contribution in [2.45, 2.75) is 18.3 Å². The third kappa shape index (κ3) is 1.36. The van der Waals surface area contributed by atoms with Crippen molar-refractivity contribution >= 4 is 5.69 Å². The number of nitrogens with two attached hydrogens (primary N) is 1. The van der Waals surface area contributed by atoms with Crippen LogP contribution in [0.1, 0.15) is 24.2 Å². The second-order valence-electron chi connectivity index (χ2n) is 4.29. The van der Waals surface area contributed by atoms with Crippen LogP contribution in [0.3, 0.4) is 0 Å². The van der Waals surface area contributed by atoms with Crippen LogP contribution in [0.15, 0.2) is 42.7 Å². The number of anilines is 1. The molecule has 0 atom stereocenters. The SMILES string of the molecule is Nc1cnc(C2(c3ccccc3)CC2)nc1. The molecule has 0 amide bonds. The van der Waals surface area contributed by atoms with E-state index >= 15 is 0 Å². The van der Waals surface area contributed by atoms with Gasteiger partial charge in [0, 0.05) is 0 Å². The van der Waals surface area contributed by atoms with E-state index in [1.807, 2.05) is 6.07 Å². The van der Waals surface area contributed by atoms with E-state index in [4.69, 9.17) is 5.73 Å². The zero-order valence-electron chi connectivity index (χ0n) is 8.93. The number of rotatable bonds is 2. The largest absolute Gasteiger partial charge is 0.396 e. The molecule has 1 fully saturated rings. The zero-order chi connectivity index (χ0) is 11.0. The highest BCUT2D eigenvalue weighted by Gasteiger charge is 2.48. The maximum Gasteiger partial charge on any atom is 0.138 e. The van der Waals surface area contributed by atoms with E-state index in [1.54, 1.807) is 12.4 Å². The molecule has 3 nitrogen and oxygen atoms in total. The van der Waals surface area contributed by atoms with Gasteiger partial charge in [-0.15, -0.1) is 0 Å². The lowest BCUT2D eigenvalue weighted by Gasteiger charge is -2.13.